The Morgan fingerprint density at radius 2 is 1.59 bits per heavy atom. The molecule has 7 heteroatoms. The van der Waals surface area contributed by atoms with Gasteiger partial charge in [0.25, 0.3) is 5.91 Å². The van der Waals surface area contributed by atoms with Gasteiger partial charge in [-0.3, -0.25) is 9.59 Å². The van der Waals surface area contributed by atoms with E-state index < -0.39 is 16.9 Å². The van der Waals surface area contributed by atoms with Crippen molar-refractivity contribution in [1.29, 1.82) is 0 Å². The summed E-state index contributed by atoms with van der Waals surface area (Å²) in [6.07, 6.45) is 0.651. The Morgan fingerprint density at radius 3 is 2.18 bits per heavy atom. The van der Waals surface area contributed by atoms with Gasteiger partial charge in [-0.05, 0) is 55.7 Å². The monoisotopic (exact) mass is 496 g/mol. The number of carbonyl (C=O) groups is 2. The number of anilines is 2. The number of amides is 2. The van der Waals surface area contributed by atoms with Gasteiger partial charge in [-0.15, -0.1) is 0 Å². The molecule has 0 saturated carbocycles. The number of phenolic OH excluding ortho intramolecular Hbond substituents is 1. The molecule has 2 N–H and O–H groups in total. The molecule has 1 atom stereocenters. The number of halogens is 2. The van der Waals surface area contributed by atoms with Gasteiger partial charge in [0.05, 0.1) is 11.4 Å². The van der Waals surface area contributed by atoms with Crippen LogP contribution in [0, 0.1) is 0 Å². The average Bonchev–Trinajstić information content (AvgIpc) is 2.73. The number of aromatic hydroxyl groups is 1. The van der Waals surface area contributed by atoms with Crippen molar-refractivity contribution >= 4 is 46.4 Å². The normalized spacial score (nSPS) is 18.8. The maximum Gasteiger partial charge on any atom is 0.255 e. The fraction of sp³-hybridized carbons (Fsp3) is 0.259. The van der Waals surface area contributed by atoms with Crippen LogP contribution in [0.5, 0.6) is 5.75 Å². The van der Waals surface area contributed by atoms with Crippen LogP contribution < -0.4 is 10.2 Å². The van der Waals surface area contributed by atoms with E-state index in [0.29, 0.717) is 22.2 Å². The molecule has 176 valence electrons. The smallest absolute Gasteiger partial charge is 0.255 e. The number of hydrogen-bond acceptors (Lipinski definition) is 3. The van der Waals surface area contributed by atoms with Crippen molar-refractivity contribution in [2.45, 2.75) is 45.1 Å². The van der Waals surface area contributed by atoms with Gasteiger partial charge in [0.2, 0.25) is 5.91 Å². The molecule has 5 nitrogen and oxygen atoms in total. The highest BCUT2D eigenvalue weighted by atomic mass is 35.5. The summed E-state index contributed by atoms with van der Waals surface area (Å²) < 4.78 is 0. The Kier molecular flexibility index (Phi) is 6.13. The molecular weight excluding hydrogens is 471 g/mol. The fourth-order valence-corrected chi connectivity index (χ4v) is 5.73. The maximum atomic E-state index is 12.9. The Labute approximate surface area is 209 Å². The second kappa shape index (κ2) is 8.64. The summed E-state index contributed by atoms with van der Waals surface area (Å²) in [6, 6.07) is 17.9. The molecule has 34 heavy (non-hydrogen) atoms. The minimum absolute atomic E-state index is 0.119. The van der Waals surface area contributed by atoms with E-state index >= 15 is 0 Å². The molecule has 0 aromatic heterocycles. The van der Waals surface area contributed by atoms with E-state index in [1.165, 1.54) is 19.1 Å². The number of fused-ring (bicyclic) bond motifs is 1. The Hall–Kier alpha value is -3.02. The summed E-state index contributed by atoms with van der Waals surface area (Å²) >= 11 is 12.1. The second-order valence-electron chi connectivity index (χ2n) is 9.54. The fourth-order valence-electron chi connectivity index (χ4n) is 5.21. The van der Waals surface area contributed by atoms with Crippen LogP contribution in [0.15, 0.2) is 60.7 Å². The van der Waals surface area contributed by atoms with Crippen molar-refractivity contribution in [3.05, 3.63) is 87.4 Å². The van der Waals surface area contributed by atoms with E-state index in [-0.39, 0.29) is 22.9 Å². The Morgan fingerprint density at radius 1 is 0.971 bits per heavy atom. The number of nitrogens with zero attached hydrogens (tertiary/aromatic N) is 1. The molecule has 0 bridgehead atoms. The lowest BCUT2D eigenvalue weighted by Gasteiger charge is -2.51. The van der Waals surface area contributed by atoms with Gasteiger partial charge >= 0.3 is 0 Å². The highest BCUT2D eigenvalue weighted by Crippen LogP contribution is 2.52. The van der Waals surface area contributed by atoms with Crippen LogP contribution >= 0.6 is 23.2 Å². The van der Waals surface area contributed by atoms with Gasteiger partial charge in [0, 0.05) is 39.6 Å². The van der Waals surface area contributed by atoms with Crippen molar-refractivity contribution in [3.8, 4) is 5.75 Å². The summed E-state index contributed by atoms with van der Waals surface area (Å²) in [4.78, 5) is 27.4. The first kappa shape index (κ1) is 24.1. The largest absolute Gasteiger partial charge is 0.506 e. The van der Waals surface area contributed by atoms with E-state index in [2.05, 4.69) is 24.4 Å². The molecule has 1 unspecified atom stereocenters. The van der Waals surface area contributed by atoms with Gasteiger partial charge in [0.1, 0.15) is 5.75 Å². The van der Waals surface area contributed by atoms with E-state index in [9.17, 15) is 14.7 Å². The second-order valence-corrected chi connectivity index (χ2v) is 10.4. The predicted molar refractivity (Wildman–Crippen MR) is 137 cm³/mol. The van der Waals surface area contributed by atoms with Crippen LogP contribution in [0.25, 0.3) is 0 Å². The minimum atomic E-state index is -0.502. The summed E-state index contributed by atoms with van der Waals surface area (Å²) in [7, 11) is 0. The minimum Gasteiger partial charge on any atom is -0.506 e. The van der Waals surface area contributed by atoms with E-state index in [1.807, 2.05) is 32.0 Å². The Balaban J connectivity index is 1.87. The van der Waals surface area contributed by atoms with Gasteiger partial charge in [-0.25, -0.2) is 0 Å². The van der Waals surface area contributed by atoms with Crippen LogP contribution in [0.1, 0.15) is 55.6 Å². The van der Waals surface area contributed by atoms with E-state index in [4.69, 9.17) is 23.2 Å². The van der Waals surface area contributed by atoms with Crippen molar-refractivity contribution in [3.63, 3.8) is 0 Å². The number of carbonyl (C=O) groups excluding carboxylic acids is 2. The van der Waals surface area contributed by atoms with Gasteiger partial charge < -0.3 is 15.3 Å². The van der Waals surface area contributed by atoms with Crippen molar-refractivity contribution in [2.24, 2.45) is 0 Å². The van der Waals surface area contributed by atoms with Gasteiger partial charge in [-0.2, -0.15) is 0 Å². The molecule has 4 rings (SSSR count). The zero-order valence-electron chi connectivity index (χ0n) is 19.4. The van der Waals surface area contributed by atoms with Crippen molar-refractivity contribution in [2.75, 3.05) is 10.2 Å². The van der Waals surface area contributed by atoms with E-state index in [0.717, 1.165) is 11.1 Å². The lowest BCUT2D eigenvalue weighted by Crippen LogP contribution is -2.55. The third kappa shape index (κ3) is 4.26. The molecule has 1 heterocycles. The first-order valence-electron chi connectivity index (χ1n) is 10.9. The molecule has 0 saturated heterocycles. The summed E-state index contributed by atoms with van der Waals surface area (Å²) in [6.45, 7) is 7.69. The number of phenols is 1. The molecular formula is C27H26Cl2N2O3. The standard InChI is InChI=1S/C27H26Cl2N2O3/c1-16(32)31-23-14-24(33)22(30-25(34)17-10-19(28)12-20(29)11-17)13-21(23)27(4,15-26(31,2)3)18-8-6-5-7-9-18/h5-14,33H,15H2,1-4H3,(H,30,34). The molecule has 3 aromatic rings. The van der Waals surface area contributed by atoms with Crippen LogP contribution in [0.4, 0.5) is 11.4 Å². The molecule has 0 radical (unpaired) electrons. The third-order valence-corrected chi connectivity index (χ3v) is 6.88. The molecule has 1 aliphatic rings. The first-order valence-corrected chi connectivity index (χ1v) is 11.7. The molecule has 2 amide bonds. The van der Waals surface area contributed by atoms with Gasteiger partial charge in [0.15, 0.2) is 0 Å². The molecule has 0 fully saturated rings. The average molecular weight is 497 g/mol. The Bertz CT molecular complexity index is 1270. The van der Waals surface area contributed by atoms with E-state index in [1.54, 1.807) is 23.1 Å². The molecule has 0 aliphatic carbocycles. The number of hydrogen-bond donors (Lipinski definition) is 2. The van der Waals surface area contributed by atoms with Crippen LogP contribution in [0.3, 0.4) is 0 Å². The number of nitrogens with one attached hydrogen (secondary N) is 1. The SMILES string of the molecule is CC(=O)N1c2cc(O)c(NC(=O)c3cc(Cl)cc(Cl)c3)cc2C(C)(c2ccccc2)CC1(C)C. The third-order valence-electron chi connectivity index (χ3n) is 6.44. The van der Waals surface area contributed by atoms with Crippen LogP contribution in [-0.2, 0) is 10.2 Å². The molecule has 1 aliphatic heterocycles. The predicted octanol–water partition coefficient (Wildman–Crippen LogP) is 6.79. The summed E-state index contributed by atoms with van der Waals surface area (Å²) in [5.74, 6) is -0.716. The quantitative estimate of drug-likeness (QED) is 0.392. The zero-order chi connectivity index (χ0) is 24.8. The first-order chi connectivity index (χ1) is 15.9. The highest BCUT2D eigenvalue weighted by Gasteiger charge is 2.47. The lowest BCUT2D eigenvalue weighted by molar-refractivity contribution is -0.117. The zero-order valence-corrected chi connectivity index (χ0v) is 21.0. The molecule has 0 spiro atoms. The van der Waals surface area contributed by atoms with Crippen molar-refractivity contribution in [1.82, 2.24) is 0 Å². The topological polar surface area (TPSA) is 69.6 Å². The van der Waals surface area contributed by atoms with Crippen LogP contribution in [-0.4, -0.2) is 22.5 Å². The molecule has 3 aromatic carbocycles. The van der Waals surface area contributed by atoms with Crippen molar-refractivity contribution < 1.29 is 14.7 Å². The highest BCUT2D eigenvalue weighted by molar-refractivity contribution is 6.35. The number of rotatable bonds is 3. The summed E-state index contributed by atoms with van der Waals surface area (Å²) in [5.41, 5.74) is 2.08. The maximum absolute atomic E-state index is 12.9. The van der Waals surface area contributed by atoms with Crippen LogP contribution in [0.2, 0.25) is 10.0 Å². The summed E-state index contributed by atoms with van der Waals surface area (Å²) in [5, 5.41) is 14.3. The number of benzene rings is 3. The lowest BCUT2D eigenvalue weighted by atomic mass is 9.65. The van der Waals surface area contributed by atoms with Gasteiger partial charge in [-0.1, -0.05) is 60.5 Å².